The summed E-state index contributed by atoms with van der Waals surface area (Å²) < 4.78 is 17.1. The molecule has 90 valence electrons. The van der Waals surface area contributed by atoms with Gasteiger partial charge in [0.05, 0.1) is 0 Å². The molecule has 0 aromatic heterocycles. The molecular formula is C11H24O3Si. The summed E-state index contributed by atoms with van der Waals surface area (Å²) in [5.74, 6) is 0. The minimum Gasteiger partial charge on any atom is -0.370 e. The lowest BCUT2D eigenvalue weighted by Crippen LogP contribution is -2.44. The molecule has 4 heteroatoms. The van der Waals surface area contributed by atoms with Gasteiger partial charge in [0.25, 0.3) is 0 Å². The fourth-order valence-corrected chi connectivity index (χ4v) is 3.10. The van der Waals surface area contributed by atoms with Gasteiger partial charge in [-0.05, 0) is 25.0 Å². The highest BCUT2D eigenvalue weighted by Gasteiger charge is 2.37. The highest BCUT2D eigenvalue weighted by atomic mass is 28.4. The van der Waals surface area contributed by atoms with Gasteiger partial charge < -0.3 is 13.3 Å². The SMILES string of the molecule is C=C[Si](OCCC)(OCCC)OCCC. The van der Waals surface area contributed by atoms with Gasteiger partial charge in [0.1, 0.15) is 0 Å². The van der Waals surface area contributed by atoms with Gasteiger partial charge in [0.15, 0.2) is 0 Å². The van der Waals surface area contributed by atoms with Crippen LogP contribution >= 0.6 is 0 Å². The van der Waals surface area contributed by atoms with E-state index in [0.717, 1.165) is 19.3 Å². The zero-order valence-corrected chi connectivity index (χ0v) is 11.3. The average molecular weight is 232 g/mol. The molecule has 0 aliphatic rings. The molecule has 0 rings (SSSR count). The molecule has 0 aromatic carbocycles. The molecule has 0 spiro atoms. The topological polar surface area (TPSA) is 27.7 Å². The molecule has 0 amide bonds. The maximum atomic E-state index is 5.71. The van der Waals surface area contributed by atoms with Crippen molar-refractivity contribution in [1.82, 2.24) is 0 Å². The number of hydrogen-bond donors (Lipinski definition) is 0. The fourth-order valence-electron chi connectivity index (χ4n) is 1.03. The first-order chi connectivity index (χ1) is 7.24. The lowest BCUT2D eigenvalue weighted by Gasteiger charge is -2.26. The first-order valence-corrected chi connectivity index (χ1v) is 7.60. The molecule has 0 N–H and O–H groups in total. The van der Waals surface area contributed by atoms with Crippen molar-refractivity contribution in [3.63, 3.8) is 0 Å². The summed E-state index contributed by atoms with van der Waals surface area (Å²) in [5, 5.41) is 0. The Morgan fingerprint density at radius 1 is 0.867 bits per heavy atom. The smallest absolute Gasteiger partial charge is 0.370 e. The molecule has 0 bridgehead atoms. The molecule has 0 aromatic rings. The Bertz CT molecular complexity index is 140. The van der Waals surface area contributed by atoms with Crippen molar-refractivity contribution < 1.29 is 13.3 Å². The van der Waals surface area contributed by atoms with Gasteiger partial charge in [-0.3, -0.25) is 0 Å². The summed E-state index contributed by atoms with van der Waals surface area (Å²) in [6.07, 6.45) is 2.90. The molecule has 0 saturated heterocycles. The first kappa shape index (κ1) is 14.8. The van der Waals surface area contributed by atoms with Crippen molar-refractivity contribution in [2.24, 2.45) is 0 Å². The third kappa shape index (κ3) is 6.09. The summed E-state index contributed by atoms with van der Waals surface area (Å²) in [5.41, 5.74) is 1.73. The van der Waals surface area contributed by atoms with E-state index >= 15 is 0 Å². The minimum atomic E-state index is -2.57. The minimum absolute atomic E-state index is 0.672. The predicted octanol–water partition coefficient (Wildman–Crippen LogP) is 2.93. The van der Waals surface area contributed by atoms with Crippen LogP contribution in [0.1, 0.15) is 40.0 Å². The van der Waals surface area contributed by atoms with Crippen LogP contribution in [0.3, 0.4) is 0 Å². The van der Waals surface area contributed by atoms with Crippen LogP contribution < -0.4 is 0 Å². The first-order valence-electron chi connectivity index (χ1n) is 5.80. The second-order valence-electron chi connectivity index (χ2n) is 3.35. The molecule has 0 aliphatic heterocycles. The Morgan fingerprint density at radius 3 is 1.40 bits per heavy atom. The van der Waals surface area contributed by atoms with Crippen molar-refractivity contribution in [3.8, 4) is 0 Å². The van der Waals surface area contributed by atoms with Crippen LogP contribution in [0.15, 0.2) is 12.3 Å². The zero-order valence-electron chi connectivity index (χ0n) is 10.3. The molecule has 0 heterocycles. The van der Waals surface area contributed by atoms with Crippen molar-refractivity contribution in [3.05, 3.63) is 12.3 Å². The van der Waals surface area contributed by atoms with Crippen LogP contribution in [0, 0.1) is 0 Å². The Labute approximate surface area is 94.8 Å². The number of hydrogen-bond acceptors (Lipinski definition) is 3. The van der Waals surface area contributed by atoms with Crippen LogP contribution in [-0.4, -0.2) is 28.6 Å². The van der Waals surface area contributed by atoms with Gasteiger partial charge in [0.2, 0.25) is 0 Å². The molecule has 0 unspecified atom stereocenters. The maximum Gasteiger partial charge on any atom is 0.529 e. The van der Waals surface area contributed by atoms with Gasteiger partial charge >= 0.3 is 8.80 Å². The second kappa shape index (κ2) is 9.09. The summed E-state index contributed by atoms with van der Waals surface area (Å²) in [6.45, 7) is 12.0. The largest absolute Gasteiger partial charge is 0.529 e. The monoisotopic (exact) mass is 232 g/mol. The van der Waals surface area contributed by atoms with Gasteiger partial charge in [0, 0.05) is 19.8 Å². The van der Waals surface area contributed by atoms with E-state index in [1.54, 1.807) is 5.70 Å². The van der Waals surface area contributed by atoms with Crippen molar-refractivity contribution in [1.29, 1.82) is 0 Å². The van der Waals surface area contributed by atoms with Gasteiger partial charge in [-0.1, -0.05) is 27.4 Å². The Balaban J connectivity index is 4.23. The van der Waals surface area contributed by atoms with Crippen LogP contribution in [0.2, 0.25) is 0 Å². The fraction of sp³-hybridized carbons (Fsp3) is 0.818. The second-order valence-corrected chi connectivity index (χ2v) is 5.83. The Hall–Kier alpha value is -0.163. The highest BCUT2D eigenvalue weighted by Crippen LogP contribution is 2.12. The van der Waals surface area contributed by atoms with Gasteiger partial charge in [-0.25, -0.2) is 0 Å². The van der Waals surface area contributed by atoms with E-state index < -0.39 is 8.80 Å². The van der Waals surface area contributed by atoms with E-state index in [2.05, 4.69) is 27.4 Å². The van der Waals surface area contributed by atoms with Crippen molar-refractivity contribution in [2.75, 3.05) is 19.8 Å². The van der Waals surface area contributed by atoms with Gasteiger partial charge in [-0.2, -0.15) is 0 Å². The van der Waals surface area contributed by atoms with Crippen LogP contribution in [0.25, 0.3) is 0 Å². The summed E-state index contributed by atoms with van der Waals surface area (Å²) >= 11 is 0. The third-order valence-electron chi connectivity index (χ3n) is 1.77. The Morgan fingerprint density at radius 2 is 1.20 bits per heavy atom. The molecule has 0 fully saturated rings. The van der Waals surface area contributed by atoms with Crippen LogP contribution in [0.5, 0.6) is 0 Å². The summed E-state index contributed by atoms with van der Waals surface area (Å²) in [4.78, 5) is 0. The molecule has 15 heavy (non-hydrogen) atoms. The lowest BCUT2D eigenvalue weighted by molar-refractivity contribution is 0.0717. The van der Waals surface area contributed by atoms with Crippen LogP contribution in [-0.2, 0) is 13.3 Å². The molecule has 0 radical (unpaired) electrons. The van der Waals surface area contributed by atoms with E-state index in [-0.39, 0.29) is 0 Å². The Kier molecular flexibility index (Phi) is 8.99. The normalized spacial score (nSPS) is 11.7. The molecule has 0 aliphatic carbocycles. The van der Waals surface area contributed by atoms with Crippen molar-refractivity contribution >= 4 is 8.80 Å². The van der Waals surface area contributed by atoms with E-state index in [1.807, 2.05) is 0 Å². The lowest BCUT2D eigenvalue weighted by atomic mass is 10.5. The number of rotatable bonds is 10. The molecular weight excluding hydrogens is 208 g/mol. The van der Waals surface area contributed by atoms with E-state index in [0.29, 0.717) is 19.8 Å². The van der Waals surface area contributed by atoms with Gasteiger partial charge in [-0.15, -0.1) is 0 Å². The average Bonchev–Trinajstić information content (AvgIpc) is 2.29. The molecule has 3 nitrogen and oxygen atoms in total. The summed E-state index contributed by atoms with van der Waals surface area (Å²) in [7, 11) is -2.57. The molecule has 0 saturated carbocycles. The predicted molar refractivity (Wildman–Crippen MR) is 64.7 cm³/mol. The standard InChI is InChI=1S/C11H24O3Si/c1-5-9-12-15(8-4,13-10-6-2)14-11-7-3/h8H,4-7,9-11H2,1-3H3. The van der Waals surface area contributed by atoms with E-state index in [1.165, 1.54) is 0 Å². The maximum absolute atomic E-state index is 5.71. The molecule has 0 atom stereocenters. The van der Waals surface area contributed by atoms with E-state index in [9.17, 15) is 0 Å². The highest BCUT2D eigenvalue weighted by molar-refractivity contribution is 6.66. The third-order valence-corrected chi connectivity index (χ3v) is 4.09. The quantitative estimate of drug-likeness (QED) is 0.542. The summed E-state index contributed by atoms with van der Waals surface area (Å²) in [6, 6.07) is 0. The zero-order chi connectivity index (χ0) is 11.6. The van der Waals surface area contributed by atoms with Crippen LogP contribution in [0.4, 0.5) is 0 Å². The van der Waals surface area contributed by atoms with E-state index in [4.69, 9.17) is 13.3 Å². The van der Waals surface area contributed by atoms with Crippen molar-refractivity contribution in [2.45, 2.75) is 40.0 Å².